The van der Waals surface area contributed by atoms with Crippen molar-refractivity contribution in [2.45, 2.75) is 65.5 Å². The Balaban J connectivity index is 1.44. The van der Waals surface area contributed by atoms with Gasteiger partial charge in [0, 0.05) is 11.3 Å². The molecule has 1 atom stereocenters. The largest absolute Gasteiger partial charge is 0.345 e. The molecule has 1 unspecified atom stereocenters. The Kier molecular flexibility index (Phi) is 6.03. The number of hydrogen-bond donors (Lipinski definition) is 1. The number of aryl methyl sites for hydroxylation is 4. The summed E-state index contributed by atoms with van der Waals surface area (Å²) < 4.78 is 1.99. The molecule has 3 aromatic rings. The number of rotatable bonds is 6. The number of carbonyl (C=O) groups is 1. The molecule has 1 N–H and O–H groups in total. The smallest absolute Gasteiger partial charge is 0.251 e. The SMILES string of the molecule is CCC(NC(=O)c1ccc(Cn2nc(C)cc2C)cc1)c1ccc2c(c1)CCCC2. The maximum Gasteiger partial charge on any atom is 0.251 e. The lowest BCUT2D eigenvalue weighted by Crippen LogP contribution is -2.28. The van der Waals surface area contributed by atoms with Gasteiger partial charge in [-0.15, -0.1) is 0 Å². The predicted molar refractivity (Wildman–Crippen MR) is 121 cm³/mol. The lowest BCUT2D eigenvalue weighted by atomic mass is 9.88. The molecule has 0 radical (unpaired) electrons. The molecule has 0 bridgehead atoms. The summed E-state index contributed by atoms with van der Waals surface area (Å²) in [7, 11) is 0. The first-order chi connectivity index (χ1) is 14.5. The fourth-order valence-corrected chi connectivity index (χ4v) is 4.40. The molecule has 1 aliphatic carbocycles. The van der Waals surface area contributed by atoms with Gasteiger partial charge in [0.15, 0.2) is 0 Å². The van der Waals surface area contributed by atoms with Crippen LogP contribution in [0, 0.1) is 13.8 Å². The van der Waals surface area contributed by atoms with Gasteiger partial charge >= 0.3 is 0 Å². The maximum atomic E-state index is 12.9. The molecule has 1 aliphatic rings. The van der Waals surface area contributed by atoms with Gasteiger partial charge in [0.25, 0.3) is 5.91 Å². The van der Waals surface area contributed by atoms with E-state index in [0.717, 1.165) is 29.8 Å². The van der Waals surface area contributed by atoms with E-state index in [9.17, 15) is 4.79 Å². The summed E-state index contributed by atoms with van der Waals surface area (Å²) in [6, 6.07) is 16.7. The zero-order valence-electron chi connectivity index (χ0n) is 18.2. The third kappa shape index (κ3) is 4.48. The zero-order chi connectivity index (χ0) is 21.1. The van der Waals surface area contributed by atoms with Crippen molar-refractivity contribution in [3.05, 3.63) is 87.7 Å². The van der Waals surface area contributed by atoms with E-state index in [1.54, 1.807) is 0 Å². The fraction of sp³-hybridized carbons (Fsp3) is 0.385. The van der Waals surface area contributed by atoms with Crippen LogP contribution in [-0.2, 0) is 19.4 Å². The van der Waals surface area contributed by atoms with Crippen molar-refractivity contribution in [3.63, 3.8) is 0 Å². The number of nitrogens with one attached hydrogen (secondary N) is 1. The topological polar surface area (TPSA) is 46.9 Å². The molecule has 1 aromatic heterocycles. The van der Waals surface area contributed by atoms with Crippen molar-refractivity contribution in [2.75, 3.05) is 0 Å². The highest BCUT2D eigenvalue weighted by Crippen LogP contribution is 2.26. The summed E-state index contributed by atoms with van der Waals surface area (Å²) in [5, 5.41) is 7.75. The minimum Gasteiger partial charge on any atom is -0.345 e. The minimum absolute atomic E-state index is 0.0164. The van der Waals surface area contributed by atoms with Crippen molar-refractivity contribution >= 4 is 5.91 Å². The predicted octanol–water partition coefficient (Wildman–Crippen LogP) is 5.31. The van der Waals surface area contributed by atoms with Gasteiger partial charge in [-0.05, 0) is 86.4 Å². The van der Waals surface area contributed by atoms with Gasteiger partial charge in [0.2, 0.25) is 0 Å². The molecular weight excluding hydrogens is 370 g/mol. The average molecular weight is 402 g/mol. The Morgan fingerprint density at radius 3 is 2.43 bits per heavy atom. The Morgan fingerprint density at radius 2 is 1.77 bits per heavy atom. The van der Waals surface area contributed by atoms with Gasteiger partial charge in [-0.3, -0.25) is 9.48 Å². The Morgan fingerprint density at radius 1 is 1.03 bits per heavy atom. The summed E-state index contributed by atoms with van der Waals surface area (Å²) in [5.74, 6) is -0.0164. The van der Waals surface area contributed by atoms with Gasteiger partial charge in [-0.25, -0.2) is 0 Å². The summed E-state index contributed by atoms with van der Waals surface area (Å²) >= 11 is 0. The van der Waals surface area contributed by atoms with Crippen LogP contribution in [0.15, 0.2) is 48.5 Å². The van der Waals surface area contributed by atoms with Crippen molar-refractivity contribution in [2.24, 2.45) is 0 Å². The van der Waals surface area contributed by atoms with E-state index in [2.05, 4.69) is 48.5 Å². The molecule has 1 heterocycles. The Bertz CT molecular complexity index is 1030. The van der Waals surface area contributed by atoms with Gasteiger partial charge < -0.3 is 5.32 Å². The summed E-state index contributed by atoms with van der Waals surface area (Å²) in [6.07, 6.45) is 5.77. The molecule has 0 aliphatic heterocycles. The van der Waals surface area contributed by atoms with E-state index in [1.165, 1.54) is 36.0 Å². The van der Waals surface area contributed by atoms with Crippen LogP contribution in [0.3, 0.4) is 0 Å². The molecule has 4 rings (SSSR count). The molecule has 1 amide bonds. The monoisotopic (exact) mass is 401 g/mol. The first-order valence-corrected chi connectivity index (χ1v) is 11.1. The molecule has 156 valence electrons. The second kappa shape index (κ2) is 8.86. The normalized spacial score (nSPS) is 14.2. The maximum absolute atomic E-state index is 12.9. The molecule has 0 spiro atoms. The van der Waals surface area contributed by atoms with E-state index in [4.69, 9.17) is 0 Å². The summed E-state index contributed by atoms with van der Waals surface area (Å²) in [4.78, 5) is 12.9. The van der Waals surface area contributed by atoms with Gasteiger partial charge in [-0.2, -0.15) is 5.10 Å². The average Bonchev–Trinajstić information content (AvgIpc) is 3.08. The number of hydrogen-bond acceptors (Lipinski definition) is 2. The third-order valence-electron chi connectivity index (χ3n) is 6.14. The van der Waals surface area contributed by atoms with Gasteiger partial charge in [0.1, 0.15) is 0 Å². The van der Waals surface area contributed by atoms with Crippen LogP contribution < -0.4 is 5.32 Å². The van der Waals surface area contributed by atoms with Crippen molar-refractivity contribution in [1.82, 2.24) is 15.1 Å². The van der Waals surface area contributed by atoms with E-state index >= 15 is 0 Å². The number of amides is 1. The molecule has 4 heteroatoms. The first kappa shape index (κ1) is 20.4. The quantitative estimate of drug-likeness (QED) is 0.609. The standard InChI is InChI=1S/C26H31N3O/c1-4-25(24-14-13-21-7-5-6-8-23(21)16-24)27-26(30)22-11-9-20(10-12-22)17-29-19(3)15-18(2)28-29/h9-16,25H,4-8,17H2,1-3H3,(H,27,30). The highest BCUT2D eigenvalue weighted by molar-refractivity contribution is 5.94. The van der Waals surface area contributed by atoms with Crippen molar-refractivity contribution in [3.8, 4) is 0 Å². The van der Waals surface area contributed by atoms with E-state index in [-0.39, 0.29) is 11.9 Å². The summed E-state index contributed by atoms with van der Waals surface area (Å²) in [5.41, 5.74) is 8.15. The van der Waals surface area contributed by atoms with Crippen LogP contribution in [0.25, 0.3) is 0 Å². The second-order valence-electron chi connectivity index (χ2n) is 8.45. The zero-order valence-corrected chi connectivity index (χ0v) is 18.2. The highest BCUT2D eigenvalue weighted by Gasteiger charge is 2.17. The third-order valence-corrected chi connectivity index (χ3v) is 6.14. The van der Waals surface area contributed by atoms with Gasteiger partial charge in [-0.1, -0.05) is 37.3 Å². The van der Waals surface area contributed by atoms with E-state index in [0.29, 0.717) is 12.1 Å². The molecule has 0 saturated heterocycles. The molecule has 0 saturated carbocycles. The summed E-state index contributed by atoms with van der Waals surface area (Å²) in [6.45, 7) is 6.91. The first-order valence-electron chi connectivity index (χ1n) is 11.1. The van der Waals surface area contributed by atoms with Crippen LogP contribution >= 0.6 is 0 Å². The van der Waals surface area contributed by atoms with Crippen molar-refractivity contribution < 1.29 is 4.79 Å². The second-order valence-corrected chi connectivity index (χ2v) is 8.45. The van der Waals surface area contributed by atoms with Crippen LogP contribution in [-0.4, -0.2) is 15.7 Å². The molecule has 0 fully saturated rings. The minimum atomic E-state index is -0.0164. The molecule has 2 aromatic carbocycles. The van der Waals surface area contributed by atoms with Gasteiger partial charge in [0.05, 0.1) is 18.3 Å². The Labute approximate surface area is 179 Å². The molecule has 30 heavy (non-hydrogen) atoms. The van der Waals surface area contributed by atoms with Crippen LogP contribution in [0.5, 0.6) is 0 Å². The molecular formula is C26H31N3O. The number of carbonyl (C=O) groups excluding carboxylic acids is 1. The van der Waals surface area contributed by atoms with E-state index < -0.39 is 0 Å². The fourth-order valence-electron chi connectivity index (χ4n) is 4.40. The lowest BCUT2D eigenvalue weighted by molar-refractivity contribution is 0.0935. The Hall–Kier alpha value is -2.88. The molecule has 4 nitrogen and oxygen atoms in total. The number of aromatic nitrogens is 2. The number of benzene rings is 2. The van der Waals surface area contributed by atoms with Crippen LogP contribution in [0.2, 0.25) is 0 Å². The number of fused-ring (bicyclic) bond motifs is 1. The van der Waals surface area contributed by atoms with Crippen LogP contribution in [0.1, 0.15) is 76.2 Å². The highest BCUT2D eigenvalue weighted by atomic mass is 16.1. The van der Waals surface area contributed by atoms with E-state index in [1.807, 2.05) is 35.9 Å². The van der Waals surface area contributed by atoms with Crippen molar-refractivity contribution in [1.29, 1.82) is 0 Å². The van der Waals surface area contributed by atoms with Crippen LogP contribution in [0.4, 0.5) is 0 Å². The number of nitrogens with zero attached hydrogens (tertiary/aromatic N) is 2. The lowest BCUT2D eigenvalue weighted by Gasteiger charge is -2.22.